The lowest BCUT2D eigenvalue weighted by atomic mass is 9.92. The highest BCUT2D eigenvalue weighted by molar-refractivity contribution is 6.09. The number of ketones is 1. The van der Waals surface area contributed by atoms with E-state index in [1.54, 1.807) is 13.8 Å². The molecule has 5 nitrogen and oxygen atoms in total. The van der Waals surface area contributed by atoms with Gasteiger partial charge in [0.2, 0.25) is 0 Å². The van der Waals surface area contributed by atoms with E-state index >= 15 is 0 Å². The van der Waals surface area contributed by atoms with E-state index in [0.717, 1.165) is 16.8 Å². The highest BCUT2D eigenvalue weighted by Crippen LogP contribution is 2.39. The molecule has 0 radical (unpaired) electrons. The van der Waals surface area contributed by atoms with Crippen LogP contribution < -0.4 is 5.32 Å². The van der Waals surface area contributed by atoms with Crippen LogP contribution in [0, 0.1) is 20.8 Å². The van der Waals surface area contributed by atoms with E-state index in [2.05, 4.69) is 5.32 Å². The Kier molecular flexibility index (Phi) is 5.47. The predicted molar refractivity (Wildman–Crippen MR) is 98.0 cm³/mol. The van der Waals surface area contributed by atoms with Gasteiger partial charge in [0, 0.05) is 12.1 Å². The quantitative estimate of drug-likeness (QED) is 0.621. The number of carbonyl (C=O) groups is 2. The molecule has 0 saturated carbocycles. The van der Waals surface area contributed by atoms with Crippen molar-refractivity contribution < 1.29 is 19.4 Å². The minimum Gasteiger partial charge on any atom is -0.506 e. The second-order valence-electron chi connectivity index (χ2n) is 5.93. The van der Waals surface area contributed by atoms with E-state index in [4.69, 9.17) is 4.74 Å². The van der Waals surface area contributed by atoms with Gasteiger partial charge in [0.25, 0.3) is 0 Å². The Bertz CT molecular complexity index is 840. The van der Waals surface area contributed by atoms with E-state index in [1.165, 1.54) is 7.11 Å². The van der Waals surface area contributed by atoms with Crippen LogP contribution in [-0.2, 0) is 4.74 Å². The third kappa shape index (κ3) is 3.36. The van der Waals surface area contributed by atoms with Crippen LogP contribution in [0.3, 0.4) is 0 Å². The van der Waals surface area contributed by atoms with Crippen molar-refractivity contribution in [3.8, 4) is 5.75 Å². The standard InChI is InChI=1S/C20H23NO4/c1-6-15(22)17-18(21-14-10-8-7-9-11(14)2)13(4)12(3)16(19(17)23)20(24)25-5/h7-10,21,23H,6H2,1-5H3. The molecule has 0 aliphatic heterocycles. The smallest absolute Gasteiger partial charge is 0.341 e. The maximum absolute atomic E-state index is 12.5. The van der Waals surface area contributed by atoms with Gasteiger partial charge in [0.15, 0.2) is 5.78 Å². The van der Waals surface area contributed by atoms with E-state index in [1.807, 2.05) is 38.1 Å². The molecule has 0 heterocycles. The Balaban J connectivity index is 2.76. The number of hydrogen-bond acceptors (Lipinski definition) is 5. The van der Waals surface area contributed by atoms with E-state index in [9.17, 15) is 14.7 Å². The zero-order valence-corrected chi connectivity index (χ0v) is 15.2. The Labute approximate surface area is 147 Å². The summed E-state index contributed by atoms with van der Waals surface area (Å²) in [7, 11) is 1.25. The van der Waals surface area contributed by atoms with Gasteiger partial charge >= 0.3 is 5.97 Å². The second kappa shape index (κ2) is 7.38. The highest BCUT2D eigenvalue weighted by atomic mass is 16.5. The monoisotopic (exact) mass is 341 g/mol. The first-order valence-electron chi connectivity index (χ1n) is 8.13. The first-order chi connectivity index (χ1) is 11.8. The molecule has 0 aliphatic rings. The van der Waals surface area contributed by atoms with Crippen LogP contribution in [0.2, 0.25) is 0 Å². The minimum atomic E-state index is -0.661. The number of carbonyl (C=O) groups excluding carboxylic acids is 2. The number of hydrogen-bond donors (Lipinski definition) is 2. The number of para-hydroxylation sites is 1. The number of phenols is 1. The van der Waals surface area contributed by atoms with Gasteiger partial charge in [0.1, 0.15) is 11.3 Å². The summed E-state index contributed by atoms with van der Waals surface area (Å²) in [5.74, 6) is -1.24. The molecule has 0 spiro atoms. The molecule has 25 heavy (non-hydrogen) atoms. The number of benzene rings is 2. The van der Waals surface area contributed by atoms with Crippen molar-refractivity contribution in [3.63, 3.8) is 0 Å². The van der Waals surface area contributed by atoms with Crippen LogP contribution in [0.4, 0.5) is 11.4 Å². The van der Waals surface area contributed by atoms with Crippen molar-refractivity contribution in [3.05, 3.63) is 52.1 Å². The summed E-state index contributed by atoms with van der Waals surface area (Å²) < 4.78 is 4.77. The third-order valence-electron chi connectivity index (χ3n) is 4.43. The molecule has 2 rings (SSSR count). The maximum atomic E-state index is 12.5. The predicted octanol–water partition coefficient (Wildman–Crippen LogP) is 4.44. The van der Waals surface area contributed by atoms with Crippen LogP contribution in [0.1, 0.15) is 50.8 Å². The molecule has 0 fully saturated rings. The number of nitrogens with one attached hydrogen (secondary N) is 1. The fraction of sp³-hybridized carbons (Fsp3) is 0.300. The molecular weight excluding hydrogens is 318 g/mol. The molecule has 0 atom stereocenters. The fourth-order valence-electron chi connectivity index (χ4n) is 2.79. The topological polar surface area (TPSA) is 75.6 Å². The van der Waals surface area contributed by atoms with Crippen LogP contribution in [0.15, 0.2) is 24.3 Å². The Morgan fingerprint density at radius 1 is 1.08 bits per heavy atom. The van der Waals surface area contributed by atoms with Gasteiger partial charge < -0.3 is 15.2 Å². The zero-order chi connectivity index (χ0) is 18.7. The number of methoxy groups -OCH3 is 1. The molecule has 0 saturated heterocycles. The minimum absolute atomic E-state index is 0.0344. The number of anilines is 2. The lowest BCUT2D eigenvalue weighted by molar-refractivity contribution is 0.0596. The number of Topliss-reactive ketones (excluding diaryl/α,β-unsaturated/α-hetero) is 1. The summed E-state index contributed by atoms with van der Waals surface area (Å²) in [5, 5.41) is 13.9. The summed E-state index contributed by atoms with van der Waals surface area (Å²) in [4.78, 5) is 24.6. The van der Waals surface area contributed by atoms with Gasteiger partial charge in [-0.25, -0.2) is 4.79 Å². The summed E-state index contributed by atoms with van der Waals surface area (Å²) in [5.41, 5.74) is 3.81. The van der Waals surface area contributed by atoms with Crippen LogP contribution in [0.25, 0.3) is 0 Å². The van der Waals surface area contributed by atoms with Crippen molar-refractivity contribution in [1.82, 2.24) is 0 Å². The molecule has 0 aromatic heterocycles. The summed E-state index contributed by atoms with van der Waals surface area (Å²) >= 11 is 0. The van der Waals surface area contributed by atoms with Crippen LogP contribution in [0.5, 0.6) is 5.75 Å². The lowest BCUT2D eigenvalue weighted by Crippen LogP contribution is -2.13. The van der Waals surface area contributed by atoms with Gasteiger partial charge in [0.05, 0.1) is 18.4 Å². The molecule has 2 N–H and O–H groups in total. The Morgan fingerprint density at radius 2 is 1.72 bits per heavy atom. The Morgan fingerprint density at radius 3 is 2.28 bits per heavy atom. The summed E-state index contributed by atoms with van der Waals surface area (Å²) in [6.07, 6.45) is 0.207. The van der Waals surface area contributed by atoms with Crippen molar-refractivity contribution in [1.29, 1.82) is 0 Å². The number of aromatic hydroxyl groups is 1. The van der Waals surface area contributed by atoms with Crippen LogP contribution >= 0.6 is 0 Å². The molecule has 5 heteroatoms. The highest BCUT2D eigenvalue weighted by Gasteiger charge is 2.27. The lowest BCUT2D eigenvalue weighted by Gasteiger charge is -2.21. The SMILES string of the molecule is CCC(=O)c1c(O)c(C(=O)OC)c(C)c(C)c1Nc1ccccc1C. The number of rotatable bonds is 5. The first-order valence-corrected chi connectivity index (χ1v) is 8.13. The molecule has 0 bridgehead atoms. The molecular formula is C20H23NO4. The molecule has 0 unspecified atom stereocenters. The average Bonchev–Trinajstić information content (AvgIpc) is 2.60. The van der Waals surface area contributed by atoms with Gasteiger partial charge in [-0.05, 0) is 43.5 Å². The zero-order valence-electron chi connectivity index (χ0n) is 15.2. The van der Waals surface area contributed by atoms with Gasteiger partial charge in [-0.2, -0.15) is 0 Å². The molecule has 2 aromatic rings. The van der Waals surface area contributed by atoms with E-state index < -0.39 is 5.97 Å². The van der Waals surface area contributed by atoms with Gasteiger partial charge in [-0.3, -0.25) is 4.79 Å². The van der Waals surface area contributed by atoms with Crippen LogP contribution in [-0.4, -0.2) is 24.0 Å². The first kappa shape index (κ1) is 18.5. The normalized spacial score (nSPS) is 10.4. The van der Waals surface area contributed by atoms with Crippen molar-refractivity contribution in [2.45, 2.75) is 34.1 Å². The second-order valence-corrected chi connectivity index (χ2v) is 5.93. The number of phenolic OH excluding ortho intramolecular Hbond substituents is 1. The summed E-state index contributed by atoms with van der Waals surface area (Å²) in [6, 6.07) is 7.67. The molecule has 2 aromatic carbocycles. The van der Waals surface area contributed by atoms with Gasteiger partial charge in [-0.15, -0.1) is 0 Å². The van der Waals surface area contributed by atoms with Gasteiger partial charge in [-0.1, -0.05) is 25.1 Å². The number of esters is 1. The molecule has 132 valence electrons. The Hall–Kier alpha value is -2.82. The number of aryl methyl sites for hydroxylation is 1. The van der Waals surface area contributed by atoms with E-state index in [0.29, 0.717) is 11.3 Å². The van der Waals surface area contributed by atoms with Crippen molar-refractivity contribution in [2.75, 3.05) is 12.4 Å². The fourth-order valence-corrected chi connectivity index (χ4v) is 2.79. The largest absolute Gasteiger partial charge is 0.506 e. The van der Waals surface area contributed by atoms with Crippen molar-refractivity contribution >= 4 is 23.1 Å². The molecule has 0 aliphatic carbocycles. The maximum Gasteiger partial charge on any atom is 0.341 e. The average molecular weight is 341 g/mol. The molecule has 0 amide bonds. The number of ether oxygens (including phenoxy) is 1. The van der Waals surface area contributed by atoms with E-state index in [-0.39, 0.29) is 29.1 Å². The summed E-state index contributed by atoms with van der Waals surface area (Å²) in [6.45, 7) is 7.21. The van der Waals surface area contributed by atoms with Crippen molar-refractivity contribution in [2.24, 2.45) is 0 Å². The third-order valence-corrected chi connectivity index (χ3v) is 4.43.